The Morgan fingerprint density at radius 3 is 2.05 bits per heavy atom. The predicted octanol–water partition coefficient (Wildman–Crippen LogP) is -0.173. The molecule has 2 heterocycles. The molecule has 1 aliphatic rings. The van der Waals surface area contributed by atoms with E-state index in [-0.39, 0.29) is 0 Å². The van der Waals surface area contributed by atoms with Gasteiger partial charge >= 0.3 is 25.3 Å². The van der Waals surface area contributed by atoms with Gasteiger partial charge in [0, 0.05) is 12.3 Å². The van der Waals surface area contributed by atoms with Gasteiger partial charge in [-0.2, -0.15) is 0 Å². The first-order valence-corrected chi connectivity index (χ1v) is 13.7. The Hall–Kier alpha value is -2.46. The molecule has 6 atom stereocenters. The van der Waals surface area contributed by atoms with Crippen LogP contribution in [0.4, 0.5) is 4.39 Å². The first kappa shape index (κ1) is 32.8. The van der Waals surface area contributed by atoms with E-state index in [1.165, 1.54) is 13.8 Å². The van der Waals surface area contributed by atoms with E-state index >= 15 is 4.39 Å². The van der Waals surface area contributed by atoms with Crippen LogP contribution in [-0.2, 0) is 32.9 Å². The minimum Gasteiger partial charge on any atom is -0.462 e. The Bertz CT molecular complexity index is 1170. The topological polar surface area (TPSA) is 208 Å². The van der Waals surface area contributed by atoms with E-state index in [4.69, 9.17) is 18.7 Å². The molecule has 3 unspecified atom stereocenters. The highest BCUT2D eigenvalue weighted by molar-refractivity contribution is 7.54. The third kappa shape index (κ3) is 8.03. The second-order valence-corrected chi connectivity index (χ2v) is 11.8. The van der Waals surface area contributed by atoms with Crippen LogP contribution in [0.2, 0.25) is 0 Å². The molecule has 0 amide bonds. The number of alkyl halides is 1. The van der Waals surface area contributed by atoms with Gasteiger partial charge in [-0.05, 0) is 48.5 Å². The quantitative estimate of drug-likeness (QED) is 0.160. The third-order valence-corrected chi connectivity index (χ3v) is 7.40. The van der Waals surface area contributed by atoms with Crippen LogP contribution in [0.1, 0.15) is 54.7 Å². The minimum absolute atomic E-state index is 0.512. The summed E-state index contributed by atoms with van der Waals surface area (Å²) in [7, 11) is -4.53. The molecule has 222 valence electrons. The summed E-state index contributed by atoms with van der Waals surface area (Å²) in [5.74, 6) is -4.92. The van der Waals surface area contributed by atoms with Gasteiger partial charge in [0.15, 0.2) is 6.23 Å². The summed E-state index contributed by atoms with van der Waals surface area (Å²) in [6, 6.07) is -1.64. The molecule has 0 saturated carbocycles. The molecule has 0 spiro atoms. The number of esters is 2. The first-order chi connectivity index (χ1) is 17.8. The molecule has 39 heavy (non-hydrogen) atoms. The number of aliphatic hydroxyl groups is 2. The highest BCUT2D eigenvalue weighted by atomic mass is 31.2. The second-order valence-electron chi connectivity index (χ2n) is 9.90. The van der Waals surface area contributed by atoms with Gasteiger partial charge in [0.2, 0.25) is 0 Å². The number of H-pyrrole nitrogens is 1. The lowest BCUT2D eigenvalue weighted by molar-refractivity contribution is -0.203. The lowest BCUT2D eigenvalue weighted by Gasteiger charge is -2.30. The molecule has 0 aliphatic carbocycles. The van der Waals surface area contributed by atoms with E-state index in [1.807, 2.05) is 4.98 Å². The highest BCUT2D eigenvalue weighted by Gasteiger charge is 2.63. The van der Waals surface area contributed by atoms with E-state index in [2.05, 4.69) is 10.2 Å². The van der Waals surface area contributed by atoms with E-state index in [0.29, 0.717) is 4.57 Å². The molecule has 5 N–H and O–H groups in total. The minimum atomic E-state index is -4.53. The third-order valence-electron chi connectivity index (χ3n) is 5.45. The van der Waals surface area contributed by atoms with Crippen LogP contribution < -0.4 is 21.4 Å². The maximum Gasteiger partial charge on any atom is 0.342 e. The van der Waals surface area contributed by atoms with E-state index in [0.717, 1.165) is 19.2 Å². The number of rotatable bonds is 12. The largest absolute Gasteiger partial charge is 0.462 e. The molecule has 2 rings (SSSR count). The fourth-order valence-electron chi connectivity index (χ4n) is 3.58. The molecule has 15 nitrogen and oxygen atoms in total. The lowest BCUT2D eigenvalue weighted by Crippen LogP contribution is -2.50. The summed E-state index contributed by atoms with van der Waals surface area (Å²) in [6.45, 7) is 8.59. The molecule has 1 fully saturated rings. The number of aliphatic hydroxyl groups excluding tert-OH is 1. The predicted molar refractivity (Wildman–Crippen MR) is 133 cm³/mol. The molecular weight excluding hydrogens is 546 g/mol. The van der Waals surface area contributed by atoms with Gasteiger partial charge in [0.1, 0.15) is 30.4 Å². The number of aromatic amines is 1. The fourth-order valence-corrected chi connectivity index (χ4v) is 5.39. The van der Waals surface area contributed by atoms with Crippen molar-refractivity contribution >= 4 is 19.6 Å². The number of aromatic nitrogens is 2. The van der Waals surface area contributed by atoms with Crippen molar-refractivity contribution in [1.29, 1.82) is 0 Å². The molecular formula is C22H36FN4O11P. The number of nitrogens with zero attached hydrogens (tertiary/aromatic N) is 1. The second kappa shape index (κ2) is 12.4. The van der Waals surface area contributed by atoms with Crippen LogP contribution in [0.25, 0.3) is 0 Å². The zero-order chi connectivity index (χ0) is 29.9. The average molecular weight is 583 g/mol. The number of nitrogens with one attached hydrogen (secondary N) is 3. The van der Waals surface area contributed by atoms with Crippen molar-refractivity contribution in [3.63, 3.8) is 0 Å². The lowest BCUT2D eigenvalue weighted by atomic mass is 9.95. The van der Waals surface area contributed by atoms with Gasteiger partial charge in [-0.1, -0.05) is 0 Å². The number of hydrogen-bond acceptors (Lipinski definition) is 11. The number of halogens is 1. The maximum absolute atomic E-state index is 15.9. The SMILES string of the molecule is CC(C)OC(=O)C(C)NP(=O)(NC(C)C(=O)OC(C)C)OC[C@@]1(F)OC(n2ccc(=O)[nH]c2=O)[C@](C)(O)[C@@H]1O. The molecule has 0 bridgehead atoms. The smallest absolute Gasteiger partial charge is 0.342 e. The summed E-state index contributed by atoms with van der Waals surface area (Å²) in [5, 5.41) is 26.1. The van der Waals surface area contributed by atoms with E-state index in [9.17, 15) is 34.0 Å². The Balaban J connectivity index is 2.33. The summed E-state index contributed by atoms with van der Waals surface area (Å²) in [5.41, 5.74) is -4.26. The van der Waals surface area contributed by atoms with Gasteiger partial charge in [0.25, 0.3) is 11.4 Å². The first-order valence-electron chi connectivity index (χ1n) is 12.1. The number of carbonyl (C=O) groups excluding carboxylic acids is 2. The van der Waals surface area contributed by atoms with Crippen LogP contribution in [0.5, 0.6) is 0 Å². The summed E-state index contributed by atoms with van der Waals surface area (Å²) < 4.78 is 50.8. The van der Waals surface area contributed by atoms with Gasteiger partial charge in [-0.15, -0.1) is 0 Å². The summed E-state index contributed by atoms with van der Waals surface area (Å²) >= 11 is 0. The molecule has 1 aromatic rings. The molecule has 1 aromatic heterocycles. The van der Waals surface area contributed by atoms with Crippen molar-refractivity contribution in [1.82, 2.24) is 19.7 Å². The molecule has 0 radical (unpaired) electrons. The molecule has 1 aliphatic heterocycles. The highest BCUT2D eigenvalue weighted by Crippen LogP contribution is 2.48. The number of ether oxygens (including phenoxy) is 3. The van der Waals surface area contributed by atoms with E-state index in [1.54, 1.807) is 27.7 Å². The Morgan fingerprint density at radius 2 is 1.62 bits per heavy atom. The van der Waals surface area contributed by atoms with Gasteiger partial charge in [-0.25, -0.2) is 19.4 Å². The van der Waals surface area contributed by atoms with Crippen LogP contribution in [0.15, 0.2) is 21.9 Å². The van der Waals surface area contributed by atoms with Gasteiger partial charge in [0.05, 0.1) is 12.2 Å². The standard InChI is InChI=1S/C22H36FN4O11P/c1-11(2)36-16(29)13(5)25-39(34,26-14(6)17(30)37-12(3)4)35-10-22(23)18(31)21(7,33)19(38-22)27-9-8-15(28)24-20(27)32/h8-9,11-14,18-19,31,33H,10H2,1-7H3,(H,24,28,32)(H2,25,26,34)/t13?,14?,18-,19?,21+,22+,39?/m0/s1. The van der Waals surface area contributed by atoms with Crippen LogP contribution in [-0.4, -0.2) is 80.2 Å². The van der Waals surface area contributed by atoms with Crippen LogP contribution >= 0.6 is 7.67 Å². The summed E-state index contributed by atoms with van der Waals surface area (Å²) in [4.78, 5) is 50.1. The zero-order valence-electron chi connectivity index (χ0n) is 22.7. The Morgan fingerprint density at radius 1 is 1.13 bits per heavy atom. The fraction of sp³-hybridized carbons (Fsp3) is 0.727. The Labute approximate surface area is 223 Å². The number of hydrogen-bond donors (Lipinski definition) is 5. The molecule has 17 heteroatoms. The van der Waals surface area contributed by atoms with Crippen molar-refractivity contribution in [2.75, 3.05) is 6.61 Å². The molecule has 0 aromatic carbocycles. The average Bonchev–Trinajstić information content (AvgIpc) is 2.97. The van der Waals surface area contributed by atoms with Crippen molar-refractivity contribution in [2.24, 2.45) is 0 Å². The normalized spacial score (nSPS) is 28.2. The van der Waals surface area contributed by atoms with Crippen LogP contribution in [0.3, 0.4) is 0 Å². The van der Waals surface area contributed by atoms with Crippen molar-refractivity contribution < 1.29 is 47.5 Å². The maximum atomic E-state index is 15.9. The Kier molecular flexibility index (Phi) is 10.4. The van der Waals surface area contributed by atoms with Gasteiger partial charge < -0.3 is 24.4 Å². The van der Waals surface area contributed by atoms with Crippen molar-refractivity contribution in [3.05, 3.63) is 33.1 Å². The van der Waals surface area contributed by atoms with Crippen LogP contribution in [0, 0.1) is 0 Å². The van der Waals surface area contributed by atoms with Gasteiger partial charge in [-0.3, -0.25) is 33.0 Å². The number of carbonyl (C=O) groups is 2. The van der Waals surface area contributed by atoms with E-state index < -0.39 is 85.5 Å². The summed E-state index contributed by atoms with van der Waals surface area (Å²) in [6.07, 6.45) is -4.29. The van der Waals surface area contributed by atoms with Crippen molar-refractivity contribution in [3.8, 4) is 0 Å². The zero-order valence-corrected chi connectivity index (χ0v) is 23.6. The molecule has 1 saturated heterocycles. The monoisotopic (exact) mass is 582 g/mol. The van der Waals surface area contributed by atoms with Crippen molar-refractivity contribution in [2.45, 2.75) is 96.5 Å².